The van der Waals surface area contributed by atoms with E-state index in [-0.39, 0.29) is 54.9 Å². The first kappa shape index (κ1) is 26.3. The summed E-state index contributed by atoms with van der Waals surface area (Å²) in [6.07, 6.45) is 2.29. The van der Waals surface area contributed by atoms with Gasteiger partial charge in [-0.25, -0.2) is 4.39 Å². The van der Waals surface area contributed by atoms with Crippen LogP contribution in [0.15, 0.2) is 18.2 Å². The molecule has 1 saturated heterocycles. The zero-order chi connectivity index (χ0) is 26.7. The smallest absolute Gasteiger partial charge is 0.256 e. The van der Waals surface area contributed by atoms with Crippen molar-refractivity contribution in [2.75, 3.05) is 25.0 Å². The zero-order valence-electron chi connectivity index (χ0n) is 20.9. The van der Waals surface area contributed by atoms with Crippen LogP contribution in [0, 0.1) is 19.7 Å². The van der Waals surface area contributed by atoms with Gasteiger partial charge < -0.3 is 25.6 Å². The van der Waals surface area contributed by atoms with E-state index < -0.39 is 11.9 Å². The number of hydrogen-bond acceptors (Lipinski definition) is 5. The molecule has 1 aromatic heterocycles. The molecule has 37 heavy (non-hydrogen) atoms. The van der Waals surface area contributed by atoms with Crippen molar-refractivity contribution in [3.8, 4) is 0 Å². The summed E-state index contributed by atoms with van der Waals surface area (Å²) in [5.74, 6) is -1.58. The molecule has 3 amide bonds. The summed E-state index contributed by atoms with van der Waals surface area (Å²) < 4.78 is 13.7. The SMILES string of the molecule is Cc1[nH]c(/C=C2\C(=O)Nc3ccc(F)cc32)c(C)c1C(=O)NCCC(=O)C[C@@H](O)CC(=O)N1CCCC1. The van der Waals surface area contributed by atoms with E-state index in [1.807, 2.05) is 0 Å². The number of carbonyl (C=O) groups is 4. The second-order valence-electron chi connectivity index (χ2n) is 9.56. The Balaban J connectivity index is 1.33. The standard InChI is InChI=1S/C27H31FN4O5/c1-15-23(14-21-20-11-17(28)5-6-22(20)31-26(21)36)30-16(2)25(15)27(37)29-8-7-18(33)12-19(34)13-24(35)32-9-3-4-10-32/h5-6,11,14,19,30,34H,3-4,7-10,12-13H2,1-2H3,(H,29,37)(H,31,36)/b21-14-/t19-/m1/s1. The fraction of sp³-hybridized carbons (Fsp3) is 0.407. The van der Waals surface area contributed by atoms with Crippen molar-refractivity contribution in [1.82, 2.24) is 15.2 Å². The predicted molar refractivity (Wildman–Crippen MR) is 136 cm³/mol. The minimum absolute atomic E-state index is 0.0304. The minimum atomic E-state index is -1.03. The topological polar surface area (TPSA) is 132 Å². The van der Waals surface area contributed by atoms with Gasteiger partial charge in [0, 0.05) is 55.1 Å². The van der Waals surface area contributed by atoms with Crippen molar-refractivity contribution in [1.29, 1.82) is 0 Å². The molecule has 4 rings (SSSR count). The van der Waals surface area contributed by atoms with Crippen molar-refractivity contribution in [2.24, 2.45) is 0 Å². The summed E-state index contributed by atoms with van der Waals surface area (Å²) in [6, 6.07) is 4.06. The number of aryl methyl sites for hydroxylation is 1. The first-order valence-electron chi connectivity index (χ1n) is 12.4. The average Bonchev–Trinajstić information content (AvgIpc) is 3.53. The van der Waals surface area contributed by atoms with E-state index >= 15 is 0 Å². The second kappa shape index (κ2) is 11.1. The summed E-state index contributed by atoms with van der Waals surface area (Å²) in [5.41, 5.74) is 3.40. The summed E-state index contributed by atoms with van der Waals surface area (Å²) in [5, 5.41) is 15.5. The van der Waals surface area contributed by atoms with E-state index in [0.29, 0.717) is 46.9 Å². The Hall–Kier alpha value is -3.79. The van der Waals surface area contributed by atoms with Gasteiger partial charge in [-0.3, -0.25) is 19.2 Å². The molecule has 196 valence electrons. The van der Waals surface area contributed by atoms with Crippen LogP contribution in [-0.4, -0.2) is 64.2 Å². The quantitative estimate of drug-likeness (QED) is 0.385. The zero-order valence-corrected chi connectivity index (χ0v) is 20.9. The van der Waals surface area contributed by atoms with Crippen LogP contribution in [0.5, 0.6) is 0 Å². The number of amides is 3. The lowest BCUT2D eigenvalue weighted by molar-refractivity contribution is -0.132. The number of aliphatic hydroxyl groups is 1. The lowest BCUT2D eigenvalue weighted by Gasteiger charge is -2.17. The largest absolute Gasteiger partial charge is 0.392 e. The Morgan fingerprint density at radius 2 is 1.92 bits per heavy atom. The highest BCUT2D eigenvalue weighted by molar-refractivity contribution is 6.34. The maximum atomic E-state index is 13.7. The molecule has 2 aliphatic heterocycles. The molecule has 0 saturated carbocycles. The molecule has 1 fully saturated rings. The molecule has 0 unspecified atom stereocenters. The van der Waals surface area contributed by atoms with Crippen molar-refractivity contribution >= 4 is 40.8 Å². The van der Waals surface area contributed by atoms with Gasteiger partial charge in [-0.15, -0.1) is 0 Å². The number of anilines is 1. The third-order valence-electron chi connectivity index (χ3n) is 6.78. The summed E-state index contributed by atoms with van der Waals surface area (Å²) in [4.78, 5) is 54.4. The van der Waals surface area contributed by atoms with Gasteiger partial charge in [0.05, 0.1) is 23.7 Å². The Bertz CT molecular complexity index is 1280. The van der Waals surface area contributed by atoms with Crippen LogP contribution in [0.25, 0.3) is 11.6 Å². The number of hydrogen-bond donors (Lipinski definition) is 4. The number of carbonyl (C=O) groups excluding carboxylic acids is 4. The molecule has 2 aromatic rings. The minimum Gasteiger partial charge on any atom is -0.392 e. The van der Waals surface area contributed by atoms with E-state index in [9.17, 15) is 28.7 Å². The lowest BCUT2D eigenvalue weighted by Crippen LogP contribution is -2.32. The number of nitrogens with one attached hydrogen (secondary N) is 3. The number of ketones is 1. The van der Waals surface area contributed by atoms with E-state index in [1.54, 1.807) is 24.8 Å². The van der Waals surface area contributed by atoms with E-state index in [0.717, 1.165) is 12.8 Å². The molecule has 0 spiro atoms. The van der Waals surface area contributed by atoms with Crippen molar-refractivity contribution < 1.29 is 28.7 Å². The highest BCUT2D eigenvalue weighted by Crippen LogP contribution is 2.34. The van der Waals surface area contributed by atoms with Crippen molar-refractivity contribution in [3.63, 3.8) is 0 Å². The third kappa shape index (κ3) is 5.96. The molecule has 1 aromatic carbocycles. The molecule has 2 aliphatic rings. The summed E-state index contributed by atoms with van der Waals surface area (Å²) in [6.45, 7) is 4.94. The van der Waals surface area contributed by atoms with Gasteiger partial charge in [0.25, 0.3) is 11.8 Å². The van der Waals surface area contributed by atoms with Crippen LogP contribution in [-0.2, 0) is 14.4 Å². The maximum Gasteiger partial charge on any atom is 0.256 e. The van der Waals surface area contributed by atoms with Crippen LogP contribution in [0.1, 0.15) is 65.0 Å². The monoisotopic (exact) mass is 510 g/mol. The number of Topliss-reactive ketones (excluding diaryl/α,β-unsaturated/α-hetero) is 1. The fourth-order valence-corrected chi connectivity index (χ4v) is 4.85. The molecule has 0 aliphatic carbocycles. The van der Waals surface area contributed by atoms with Gasteiger partial charge in [0.1, 0.15) is 11.6 Å². The molecule has 0 bridgehead atoms. The van der Waals surface area contributed by atoms with Gasteiger partial charge >= 0.3 is 0 Å². The molecule has 0 radical (unpaired) electrons. The number of nitrogens with zero attached hydrogens (tertiary/aromatic N) is 1. The van der Waals surface area contributed by atoms with Crippen LogP contribution in [0.4, 0.5) is 10.1 Å². The fourth-order valence-electron chi connectivity index (χ4n) is 4.85. The molecule has 9 nitrogen and oxygen atoms in total. The molecule has 1 atom stereocenters. The van der Waals surface area contributed by atoms with Crippen LogP contribution < -0.4 is 10.6 Å². The number of fused-ring (bicyclic) bond motifs is 1. The Morgan fingerprint density at radius 3 is 2.65 bits per heavy atom. The number of aromatic amines is 1. The number of rotatable bonds is 9. The molecule has 3 heterocycles. The van der Waals surface area contributed by atoms with Gasteiger partial charge in [0.2, 0.25) is 5.91 Å². The Kier molecular flexibility index (Phi) is 7.87. The van der Waals surface area contributed by atoms with E-state index in [2.05, 4.69) is 15.6 Å². The highest BCUT2D eigenvalue weighted by atomic mass is 19.1. The lowest BCUT2D eigenvalue weighted by atomic mass is 10.0. The molecule has 10 heteroatoms. The van der Waals surface area contributed by atoms with Gasteiger partial charge in [0.15, 0.2) is 0 Å². The van der Waals surface area contributed by atoms with E-state index in [4.69, 9.17) is 0 Å². The predicted octanol–water partition coefficient (Wildman–Crippen LogP) is 2.72. The van der Waals surface area contributed by atoms with Crippen molar-refractivity contribution in [3.05, 3.63) is 52.1 Å². The molecule has 4 N–H and O–H groups in total. The highest BCUT2D eigenvalue weighted by Gasteiger charge is 2.26. The third-order valence-corrected chi connectivity index (χ3v) is 6.78. The first-order chi connectivity index (χ1) is 17.6. The van der Waals surface area contributed by atoms with Crippen LogP contribution in [0.2, 0.25) is 0 Å². The number of likely N-dealkylation sites (tertiary alicyclic amines) is 1. The summed E-state index contributed by atoms with van der Waals surface area (Å²) >= 11 is 0. The Labute approximate surface area is 214 Å². The number of aromatic nitrogens is 1. The molecular weight excluding hydrogens is 479 g/mol. The second-order valence-corrected chi connectivity index (χ2v) is 9.56. The van der Waals surface area contributed by atoms with Crippen LogP contribution in [0.3, 0.4) is 0 Å². The van der Waals surface area contributed by atoms with Gasteiger partial charge in [-0.05, 0) is 56.5 Å². The number of halogens is 1. The van der Waals surface area contributed by atoms with Gasteiger partial charge in [-0.1, -0.05) is 0 Å². The summed E-state index contributed by atoms with van der Waals surface area (Å²) in [7, 11) is 0. The van der Waals surface area contributed by atoms with Crippen molar-refractivity contribution in [2.45, 2.75) is 52.1 Å². The number of H-pyrrole nitrogens is 1. The Morgan fingerprint density at radius 1 is 1.19 bits per heavy atom. The maximum absolute atomic E-state index is 13.7. The number of benzene rings is 1. The normalized spacial score (nSPS) is 16.6. The van der Waals surface area contributed by atoms with E-state index in [1.165, 1.54) is 18.2 Å². The number of aliphatic hydroxyl groups excluding tert-OH is 1. The molecular formula is C27H31FN4O5. The first-order valence-corrected chi connectivity index (χ1v) is 12.4. The average molecular weight is 511 g/mol. The van der Waals surface area contributed by atoms with Gasteiger partial charge in [-0.2, -0.15) is 0 Å². The van der Waals surface area contributed by atoms with Crippen LogP contribution >= 0.6 is 0 Å².